The fourth-order valence-corrected chi connectivity index (χ4v) is 3.02. The van der Waals surface area contributed by atoms with Crippen molar-refractivity contribution in [1.29, 1.82) is 0 Å². The molecule has 0 aliphatic heterocycles. The second kappa shape index (κ2) is 9.63. The maximum absolute atomic E-state index is 12.9. The predicted molar refractivity (Wildman–Crippen MR) is 102 cm³/mol. The molecule has 0 unspecified atom stereocenters. The summed E-state index contributed by atoms with van der Waals surface area (Å²) in [5.74, 6) is -5.60. The van der Waals surface area contributed by atoms with Crippen LogP contribution in [0.1, 0.15) is 17.3 Å². The number of para-hydroxylation sites is 1. The maximum Gasteiger partial charge on any atom is 0.328 e. The molecule has 2 rings (SSSR count). The SMILES string of the molecule is COC(=O)C(C(=O)OC)[C@H](C)[C@@H](NC(=O)c1ccnc2ccccc12)C(=O)OC. The van der Waals surface area contributed by atoms with Gasteiger partial charge in [-0.15, -0.1) is 0 Å². The van der Waals surface area contributed by atoms with Crippen LogP contribution in [0.25, 0.3) is 10.9 Å². The number of rotatable bonds is 7. The molecule has 0 spiro atoms. The van der Waals surface area contributed by atoms with E-state index in [1.54, 1.807) is 24.3 Å². The Kier molecular flexibility index (Phi) is 7.24. The molecule has 0 fully saturated rings. The molecule has 1 amide bonds. The topological polar surface area (TPSA) is 121 Å². The van der Waals surface area contributed by atoms with Gasteiger partial charge < -0.3 is 19.5 Å². The number of hydrogen-bond acceptors (Lipinski definition) is 8. The molecule has 1 aromatic heterocycles. The van der Waals surface area contributed by atoms with Gasteiger partial charge in [0.15, 0.2) is 5.92 Å². The number of benzene rings is 1. The van der Waals surface area contributed by atoms with Crippen molar-refractivity contribution < 1.29 is 33.4 Å². The number of esters is 3. The second-order valence-corrected chi connectivity index (χ2v) is 6.23. The zero-order valence-corrected chi connectivity index (χ0v) is 16.5. The number of aromatic nitrogens is 1. The first-order chi connectivity index (χ1) is 13.8. The van der Waals surface area contributed by atoms with Gasteiger partial charge in [0, 0.05) is 17.5 Å². The summed E-state index contributed by atoms with van der Waals surface area (Å²) in [7, 11) is 3.36. The normalized spacial score (nSPS) is 12.7. The van der Waals surface area contributed by atoms with Crippen molar-refractivity contribution in [3.05, 3.63) is 42.1 Å². The van der Waals surface area contributed by atoms with E-state index in [1.807, 2.05) is 0 Å². The third-order valence-corrected chi connectivity index (χ3v) is 4.60. The van der Waals surface area contributed by atoms with Crippen LogP contribution in [-0.2, 0) is 28.6 Å². The van der Waals surface area contributed by atoms with Crippen LogP contribution in [-0.4, -0.2) is 56.2 Å². The Labute approximate surface area is 167 Å². The first kappa shape index (κ1) is 21.8. The summed E-state index contributed by atoms with van der Waals surface area (Å²) >= 11 is 0. The van der Waals surface area contributed by atoms with Gasteiger partial charge in [-0.2, -0.15) is 0 Å². The number of hydrogen-bond donors (Lipinski definition) is 1. The fraction of sp³-hybridized carbons (Fsp3) is 0.350. The molecule has 0 saturated heterocycles. The Morgan fingerprint density at radius 3 is 2.07 bits per heavy atom. The summed E-state index contributed by atoms with van der Waals surface area (Å²) in [4.78, 5) is 53.7. The van der Waals surface area contributed by atoms with Crippen LogP contribution in [0, 0.1) is 11.8 Å². The summed E-state index contributed by atoms with van der Waals surface area (Å²) in [5, 5.41) is 3.14. The maximum atomic E-state index is 12.9. The Balaban J connectivity index is 2.39. The standard InChI is InChI=1S/C20H22N2O7/c1-11(15(18(24)27-2)19(25)28-3)16(20(26)29-4)22-17(23)13-9-10-21-14-8-6-5-7-12(13)14/h5-11,15-16H,1-4H3,(H,22,23)/t11-,16+/m0/s1. The molecule has 2 atom stereocenters. The second-order valence-electron chi connectivity index (χ2n) is 6.23. The van der Waals surface area contributed by atoms with E-state index in [1.165, 1.54) is 19.2 Å². The van der Waals surface area contributed by atoms with Gasteiger partial charge in [0.05, 0.1) is 32.4 Å². The largest absolute Gasteiger partial charge is 0.468 e. The van der Waals surface area contributed by atoms with E-state index >= 15 is 0 Å². The molecule has 29 heavy (non-hydrogen) atoms. The quantitative estimate of drug-likeness (QED) is 0.415. The highest BCUT2D eigenvalue weighted by Gasteiger charge is 2.42. The Morgan fingerprint density at radius 1 is 0.897 bits per heavy atom. The Bertz CT molecular complexity index is 907. The van der Waals surface area contributed by atoms with Gasteiger partial charge in [0.2, 0.25) is 0 Å². The number of nitrogens with one attached hydrogen (secondary N) is 1. The lowest BCUT2D eigenvalue weighted by molar-refractivity contribution is -0.162. The molecule has 2 aromatic rings. The first-order valence-corrected chi connectivity index (χ1v) is 8.73. The molecule has 1 aromatic carbocycles. The number of amides is 1. The molecule has 154 valence electrons. The molecule has 1 N–H and O–H groups in total. The minimum Gasteiger partial charge on any atom is -0.468 e. The molecule has 0 radical (unpaired) electrons. The van der Waals surface area contributed by atoms with Crippen molar-refractivity contribution in [1.82, 2.24) is 10.3 Å². The van der Waals surface area contributed by atoms with Gasteiger partial charge >= 0.3 is 17.9 Å². The summed E-state index contributed by atoms with van der Waals surface area (Å²) in [5.41, 5.74) is 0.884. The molecule has 0 bridgehead atoms. The fourth-order valence-electron chi connectivity index (χ4n) is 3.02. The van der Waals surface area contributed by atoms with E-state index in [-0.39, 0.29) is 5.56 Å². The smallest absolute Gasteiger partial charge is 0.328 e. The average Bonchev–Trinajstić information content (AvgIpc) is 2.75. The van der Waals surface area contributed by atoms with Crippen LogP contribution < -0.4 is 5.32 Å². The van der Waals surface area contributed by atoms with Crippen LogP contribution in [0.3, 0.4) is 0 Å². The Hall–Kier alpha value is -3.49. The highest BCUT2D eigenvalue weighted by atomic mass is 16.5. The molecule has 1 heterocycles. The van der Waals surface area contributed by atoms with Crippen LogP contribution in [0.4, 0.5) is 0 Å². The molecule has 0 aliphatic rings. The lowest BCUT2D eigenvalue weighted by atomic mass is 9.87. The van der Waals surface area contributed by atoms with Crippen molar-refractivity contribution in [2.24, 2.45) is 11.8 Å². The van der Waals surface area contributed by atoms with Crippen LogP contribution in [0.2, 0.25) is 0 Å². The minimum absolute atomic E-state index is 0.282. The number of pyridine rings is 1. The summed E-state index contributed by atoms with van der Waals surface area (Å²) in [6.07, 6.45) is 1.47. The van der Waals surface area contributed by atoms with Crippen molar-refractivity contribution in [3.63, 3.8) is 0 Å². The van der Waals surface area contributed by atoms with E-state index in [2.05, 4.69) is 19.8 Å². The zero-order valence-electron chi connectivity index (χ0n) is 16.5. The van der Waals surface area contributed by atoms with Gasteiger partial charge in [-0.25, -0.2) is 4.79 Å². The van der Waals surface area contributed by atoms with Gasteiger partial charge in [0.25, 0.3) is 5.91 Å². The van der Waals surface area contributed by atoms with Crippen molar-refractivity contribution in [3.8, 4) is 0 Å². The van der Waals surface area contributed by atoms with Gasteiger partial charge in [-0.05, 0) is 12.1 Å². The number of carbonyl (C=O) groups is 4. The van der Waals surface area contributed by atoms with Gasteiger partial charge in [-0.3, -0.25) is 19.4 Å². The van der Waals surface area contributed by atoms with E-state index in [9.17, 15) is 19.2 Å². The average molecular weight is 402 g/mol. The number of nitrogens with zero attached hydrogens (tertiary/aromatic N) is 1. The molecular weight excluding hydrogens is 380 g/mol. The third-order valence-electron chi connectivity index (χ3n) is 4.60. The molecule has 0 aliphatic carbocycles. The zero-order chi connectivity index (χ0) is 21.6. The van der Waals surface area contributed by atoms with E-state index in [4.69, 9.17) is 4.74 Å². The van der Waals surface area contributed by atoms with Gasteiger partial charge in [0.1, 0.15) is 6.04 Å². The summed E-state index contributed by atoms with van der Waals surface area (Å²) in [6, 6.07) is 7.22. The van der Waals surface area contributed by atoms with Crippen LogP contribution in [0.15, 0.2) is 36.5 Å². The molecular formula is C20H22N2O7. The van der Waals surface area contributed by atoms with E-state index in [0.29, 0.717) is 10.9 Å². The molecule has 9 nitrogen and oxygen atoms in total. The number of ether oxygens (including phenoxy) is 3. The van der Waals surface area contributed by atoms with E-state index in [0.717, 1.165) is 21.3 Å². The monoisotopic (exact) mass is 402 g/mol. The lowest BCUT2D eigenvalue weighted by Crippen LogP contribution is -2.51. The van der Waals surface area contributed by atoms with E-state index < -0.39 is 41.7 Å². The summed E-state index contributed by atoms with van der Waals surface area (Å²) in [6.45, 7) is 1.45. The number of fused-ring (bicyclic) bond motifs is 1. The minimum atomic E-state index is -1.43. The summed E-state index contributed by atoms with van der Waals surface area (Å²) < 4.78 is 14.1. The highest BCUT2D eigenvalue weighted by Crippen LogP contribution is 2.22. The van der Waals surface area contributed by atoms with Crippen LogP contribution in [0.5, 0.6) is 0 Å². The lowest BCUT2D eigenvalue weighted by Gasteiger charge is -2.27. The van der Waals surface area contributed by atoms with Crippen molar-refractivity contribution in [2.75, 3.05) is 21.3 Å². The van der Waals surface area contributed by atoms with Gasteiger partial charge in [-0.1, -0.05) is 25.1 Å². The van der Waals surface area contributed by atoms with Crippen molar-refractivity contribution >= 4 is 34.7 Å². The predicted octanol–water partition coefficient (Wildman–Crippen LogP) is 1.10. The Morgan fingerprint density at radius 2 is 1.48 bits per heavy atom. The number of methoxy groups -OCH3 is 3. The third kappa shape index (κ3) is 4.68. The highest BCUT2D eigenvalue weighted by molar-refractivity contribution is 6.07. The first-order valence-electron chi connectivity index (χ1n) is 8.73. The van der Waals surface area contributed by atoms with Crippen LogP contribution >= 0.6 is 0 Å². The molecule has 0 saturated carbocycles. The number of carbonyl (C=O) groups excluding carboxylic acids is 4. The van der Waals surface area contributed by atoms with Crippen molar-refractivity contribution in [2.45, 2.75) is 13.0 Å². The molecule has 9 heteroatoms.